The van der Waals surface area contributed by atoms with Crippen molar-refractivity contribution in [3.05, 3.63) is 63.9 Å². The van der Waals surface area contributed by atoms with E-state index in [9.17, 15) is 34.8 Å². The number of nitrogens with zero attached hydrogens (tertiary/aromatic N) is 1. The van der Waals surface area contributed by atoms with Crippen LogP contribution in [0.25, 0.3) is 16.9 Å². The van der Waals surface area contributed by atoms with Gasteiger partial charge in [-0.25, -0.2) is 0 Å². The Hall–Kier alpha value is -4.11. The SMILES string of the molecule is CCc1cc(-c2ccc(N(C)C)cc2)c2c(c1O)C(O)=C1C(=O)[C@]3(O)C(O)=C(C(N)=O)C(=O)C[C@@H]3C[C@@H]1C2. The van der Waals surface area contributed by atoms with E-state index >= 15 is 0 Å². The van der Waals surface area contributed by atoms with E-state index < -0.39 is 52.0 Å². The molecule has 6 N–H and O–H groups in total. The molecule has 2 aromatic carbocycles. The molecule has 1 saturated carbocycles. The lowest BCUT2D eigenvalue weighted by atomic mass is 9.59. The average Bonchev–Trinajstić information content (AvgIpc) is 2.86. The first-order chi connectivity index (χ1) is 17.9. The summed E-state index contributed by atoms with van der Waals surface area (Å²) in [6, 6.07) is 9.73. The van der Waals surface area contributed by atoms with Crippen LogP contribution in [0.15, 0.2) is 47.2 Å². The number of aromatic hydroxyl groups is 1. The summed E-state index contributed by atoms with van der Waals surface area (Å²) in [6.07, 6.45) is 0.470. The Morgan fingerprint density at radius 2 is 1.76 bits per heavy atom. The van der Waals surface area contributed by atoms with E-state index in [1.54, 1.807) is 0 Å². The molecule has 38 heavy (non-hydrogen) atoms. The van der Waals surface area contributed by atoms with E-state index in [2.05, 4.69) is 0 Å². The molecule has 1 fully saturated rings. The second kappa shape index (κ2) is 8.73. The highest BCUT2D eigenvalue weighted by Gasteiger charge is 2.60. The monoisotopic (exact) mass is 518 g/mol. The van der Waals surface area contributed by atoms with Crippen LogP contribution in [0.3, 0.4) is 0 Å². The Balaban J connectivity index is 1.72. The number of carbonyl (C=O) groups is 3. The van der Waals surface area contributed by atoms with Crippen molar-refractivity contribution in [1.29, 1.82) is 0 Å². The van der Waals surface area contributed by atoms with Gasteiger partial charge in [0, 0.05) is 37.7 Å². The van der Waals surface area contributed by atoms with Crippen LogP contribution in [-0.4, -0.2) is 57.6 Å². The number of nitrogens with two attached hydrogens (primary N) is 1. The van der Waals surface area contributed by atoms with Gasteiger partial charge in [0.25, 0.3) is 5.91 Å². The van der Waals surface area contributed by atoms with Gasteiger partial charge in [-0.2, -0.15) is 0 Å². The second-order valence-corrected chi connectivity index (χ2v) is 10.5. The first-order valence-electron chi connectivity index (χ1n) is 12.5. The van der Waals surface area contributed by atoms with Crippen molar-refractivity contribution in [3.63, 3.8) is 0 Å². The minimum absolute atomic E-state index is 0.0955. The van der Waals surface area contributed by atoms with E-state index in [1.807, 2.05) is 56.3 Å². The standard InChI is InChI=1S/C29H30N2O7/c1-4-13-10-18(14-5-7-17(8-6-14)31(2)3)19-11-15-9-16-12-20(32)23(28(30)37)27(36)29(16,38)26(35)21(15)25(34)22(19)24(13)33/h5-8,10,15-16,33-34,36,38H,4,9,11-12H2,1-3H3,(H2,30,37)/t15-,16+,29+/m1/s1. The summed E-state index contributed by atoms with van der Waals surface area (Å²) in [5, 5.41) is 44.7. The average molecular weight is 519 g/mol. The summed E-state index contributed by atoms with van der Waals surface area (Å²) in [6.45, 7) is 1.86. The van der Waals surface area contributed by atoms with Crippen molar-refractivity contribution in [1.82, 2.24) is 0 Å². The van der Waals surface area contributed by atoms with Gasteiger partial charge in [0.15, 0.2) is 11.4 Å². The van der Waals surface area contributed by atoms with E-state index in [-0.39, 0.29) is 36.1 Å². The Morgan fingerprint density at radius 3 is 2.34 bits per heavy atom. The molecule has 5 rings (SSSR count). The molecule has 0 radical (unpaired) electrons. The summed E-state index contributed by atoms with van der Waals surface area (Å²) in [4.78, 5) is 40.1. The van der Waals surface area contributed by atoms with Gasteiger partial charge in [-0.15, -0.1) is 0 Å². The lowest BCUT2D eigenvalue weighted by Crippen LogP contribution is -2.58. The van der Waals surface area contributed by atoms with Crippen LogP contribution in [0, 0.1) is 11.8 Å². The Labute approximate surface area is 219 Å². The maximum atomic E-state index is 13.7. The fourth-order valence-corrected chi connectivity index (χ4v) is 6.21. The van der Waals surface area contributed by atoms with E-state index in [1.165, 1.54) is 0 Å². The molecule has 2 aromatic rings. The maximum Gasteiger partial charge on any atom is 0.255 e. The Kier molecular flexibility index (Phi) is 5.87. The Morgan fingerprint density at radius 1 is 1.11 bits per heavy atom. The number of hydrogen-bond acceptors (Lipinski definition) is 8. The van der Waals surface area contributed by atoms with Gasteiger partial charge < -0.3 is 31.1 Å². The molecule has 0 heterocycles. The topological polar surface area (TPSA) is 161 Å². The van der Waals surface area contributed by atoms with Crippen molar-refractivity contribution in [3.8, 4) is 16.9 Å². The lowest BCUT2D eigenvalue weighted by Gasteiger charge is -2.46. The highest BCUT2D eigenvalue weighted by atomic mass is 16.3. The van der Waals surface area contributed by atoms with Crippen molar-refractivity contribution >= 4 is 28.9 Å². The number of anilines is 1. The third-order valence-corrected chi connectivity index (χ3v) is 8.22. The van der Waals surface area contributed by atoms with Gasteiger partial charge >= 0.3 is 0 Å². The van der Waals surface area contributed by atoms with Crippen LogP contribution in [0.2, 0.25) is 0 Å². The largest absolute Gasteiger partial charge is 0.508 e. The predicted molar refractivity (Wildman–Crippen MR) is 141 cm³/mol. The fourth-order valence-electron chi connectivity index (χ4n) is 6.21. The molecule has 9 nitrogen and oxygen atoms in total. The number of fused-ring (bicyclic) bond motifs is 3. The van der Waals surface area contributed by atoms with Crippen molar-refractivity contribution in [2.45, 2.75) is 38.2 Å². The summed E-state index contributed by atoms with van der Waals surface area (Å²) in [5.41, 5.74) is 5.76. The number of hydrogen-bond donors (Lipinski definition) is 5. The van der Waals surface area contributed by atoms with Gasteiger partial charge in [0.1, 0.15) is 22.8 Å². The zero-order valence-electron chi connectivity index (χ0n) is 21.4. The molecule has 9 heteroatoms. The van der Waals surface area contributed by atoms with Gasteiger partial charge in [-0.05, 0) is 65.6 Å². The number of primary amides is 1. The molecule has 0 aliphatic heterocycles. The minimum atomic E-state index is -2.57. The molecular formula is C29H30N2O7. The molecule has 1 amide bonds. The molecular weight excluding hydrogens is 488 g/mol. The molecule has 0 bridgehead atoms. The number of phenols is 1. The van der Waals surface area contributed by atoms with Crippen LogP contribution < -0.4 is 10.6 Å². The van der Waals surface area contributed by atoms with Crippen LogP contribution in [0.5, 0.6) is 5.75 Å². The summed E-state index contributed by atoms with van der Waals surface area (Å²) in [7, 11) is 3.88. The van der Waals surface area contributed by atoms with Crippen LogP contribution in [0.4, 0.5) is 5.69 Å². The zero-order chi connectivity index (χ0) is 27.7. The van der Waals surface area contributed by atoms with Crippen LogP contribution in [-0.2, 0) is 27.2 Å². The molecule has 198 valence electrons. The number of ketones is 2. The summed E-state index contributed by atoms with van der Waals surface area (Å²) in [5.74, 6) is -6.26. The molecule has 3 aliphatic rings. The number of aryl methyl sites for hydroxylation is 1. The second-order valence-electron chi connectivity index (χ2n) is 10.5. The third kappa shape index (κ3) is 3.45. The fraction of sp³-hybridized carbons (Fsp3) is 0.345. The molecule has 0 spiro atoms. The van der Waals surface area contributed by atoms with Crippen molar-refractivity contribution < 1.29 is 34.8 Å². The van der Waals surface area contributed by atoms with Crippen LogP contribution >= 0.6 is 0 Å². The molecule has 0 unspecified atom stereocenters. The van der Waals surface area contributed by atoms with Crippen molar-refractivity contribution in [2.75, 3.05) is 19.0 Å². The van der Waals surface area contributed by atoms with Gasteiger partial charge in [-0.3, -0.25) is 14.4 Å². The quantitative estimate of drug-likeness (QED) is 0.386. The number of carbonyl (C=O) groups excluding carboxylic acids is 3. The molecule has 0 saturated heterocycles. The molecule has 3 atom stereocenters. The van der Waals surface area contributed by atoms with Gasteiger partial charge in [0.2, 0.25) is 5.78 Å². The number of Topliss-reactive ketones (excluding diaryl/α,β-unsaturated/α-hetero) is 2. The highest BCUT2D eigenvalue weighted by molar-refractivity contribution is 6.22. The van der Waals surface area contributed by atoms with Crippen LogP contribution in [0.1, 0.15) is 36.5 Å². The van der Waals surface area contributed by atoms with Crippen molar-refractivity contribution in [2.24, 2.45) is 17.6 Å². The number of aliphatic hydroxyl groups is 3. The minimum Gasteiger partial charge on any atom is -0.508 e. The zero-order valence-corrected chi connectivity index (χ0v) is 21.4. The van der Waals surface area contributed by atoms with E-state index in [0.29, 0.717) is 17.5 Å². The first-order valence-corrected chi connectivity index (χ1v) is 12.5. The highest BCUT2D eigenvalue weighted by Crippen LogP contribution is 2.53. The first kappa shape index (κ1) is 25.5. The number of benzene rings is 2. The van der Waals surface area contributed by atoms with Gasteiger partial charge in [0.05, 0.1) is 5.56 Å². The lowest BCUT2D eigenvalue weighted by molar-refractivity contribution is -0.147. The summed E-state index contributed by atoms with van der Waals surface area (Å²) >= 11 is 0. The smallest absolute Gasteiger partial charge is 0.255 e. The molecule has 0 aromatic heterocycles. The predicted octanol–water partition coefficient (Wildman–Crippen LogP) is 2.72. The number of amides is 1. The van der Waals surface area contributed by atoms with E-state index in [4.69, 9.17) is 5.73 Å². The summed E-state index contributed by atoms with van der Waals surface area (Å²) < 4.78 is 0. The molecule has 3 aliphatic carbocycles. The Bertz CT molecular complexity index is 1470. The number of rotatable bonds is 4. The third-order valence-electron chi connectivity index (χ3n) is 8.22. The van der Waals surface area contributed by atoms with E-state index in [0.717, 1.165) is 16.8 Å². The number of phenolic OH excluding ortho intramolecular Hbond substituents is 1. The van der Waals surface area contributed by atoms with Gasteiger partial charge in [-0.1, -0.05) is 19.1 Å². The maximum absolute atomic E-state index is 13.7. The number of aliphatic hydroxyl groups excluding tert-OH is 2. The normalized spacial score (nSPS) is 24.6.